The molecule has 0 aromatic heterocycles. The Hall–Kier alpha value is -1.66. The Morgan fingerprint density at radius 1 is 1.05 bits per heavy atom. The Balaban J connectivity index is 1.99. The van der Waals surface area contributed by atoms with Gasteiger partial charge in [0.25, 0.3) is 0 Å². The highest BCUT2D eigenvalue weighted by molar-refractivity contribution is 7.99. The van der Waals surface area contributed by atoms with E-state index in [1.807, 2.05) is 30.3 Å². The van der Waals surface area contributed by atoms with E-state index < -0.39 is 6.36 Å². The summed E-state index contributed by atoms with van der Waals surface area (Å²) in [4.78, 5) is 1.07. The molecule has 21 heavy (non-hydrogen) atoms. The summed E-state index contributed by atoms with van der Waals surface area (Å²) in [7, 11) is 0. The van der Waals surface area contributed by atoms with E-state index in [0.29, 0.717) is 11.3 Å². The lowest BCUT2D eigenvalue weighted by molar-refractivity contribution is -0.274. The van der Waals surface area contributed by atoms with Gasteiger partial charge in [-0.15, -0.1) is 24.9 Å². The lowest BCUT2D eigenvalue weighted by Gasteiger charge is -2.14. The second-order valence-corrected chi connectivity index (χ2v) is 5.44. The maximum absolute atomic E-state index is 12.2. The van der Waals surface area contributed by atoms with Gasteiger partial charge in [-0.2, -0.15) is 0 Å². The number of halogens is 3. The average Bonchev–Trinajstić information content (AvgIpc) is 2.44. The van der Waals surface area contributed by atoms with Crippen molar-refractivity contribution in [2.24, 2.45) is 5.73 Å². The van der Waals surface area contributed by atoms with Crippen LogP contribution in [0.5, 0.6) is 5.75 Å². The van der Waals surface area contributed by atoms with E-state index in [-0.39, 0.29) is 11.8 Å². The first-order valence-electron chi connectivity index (χ1n) is 6.23. The van der Waals surface area contributed by atoms with E-state index in [2.05, 4.69) is 4.74 Å². The van der Waals surface area contributed by atoms with Crippen LogP contribution in [0.1, 0.15) is 11.6 Å². The first-order chi connectivity index (χ1) is 9.94. The van der Waals surface area contributed by atoms with Gasteiger partial charge in [0.2, 0.25) is 0 Å². The molecular formula is C15H14F3NOS. The maximum Gasteiger partial charge on any atom is 0.573 e. The molecule has 0 saturated heterocycles. The summed E-state index contributed by atoms with van der Waals surface area (Å²) in [5.41, 5.74) is 6.63. The highest BCUT2D eigenvalue weighted by Crippen LogP contribution is 2.27. The van der Waals surface area contributed by atoms with Crippen molar-refractivity contribution in [2.75, 3.05) is 5.75 Å². The molecule has 2 rings (SSSR count). The van der Waals surface area contributed by atoms with E-state index in [4.69, 9.17) is 5.73 Å². The Bertz CT molecular complexity index is 575. The smallest absolute Gasteiger partial charge is 0.406 e. The number of alkyl halides is 3. The Labute approximate surface area is 125 Å². The largest absolute Gasteiger partial charge is 0.573 e. The van der Waals surface area contributed by atoms with Crippen LogP contribution in [0.4, 0.5) is 13.2 Å². The van der Waals surface area contributed by atoms with Gasteiger partial charge >= 0.3 is 6.36 Å². The number of hydrogen-bond donors (Lipinski definition) is 1. The molecule has 1 atom stereocenters. The third kappa shape index (κ3) is 5.32. The predicted molar refractivity (Wildman–Crippen MR) is 77.2 cm³/mol. The highest BCUT2D eigenvalue weighted by Gasteiger charge is 2.31. The molecule has 0 radical (unpaired) electrons. The summed E-state index contributed by atoms with van der Waals surface area (Å²) in [6.45, 7) is 0. The normalized spacial score (nSPS) is 13.0. The number of ether oxygens (including phenoxy) is 1. The standard InChI is InChI=1S/C15H14F3NOS/c16-15(17,18)20-12-6-4-5-11(9-12)14(19)10-21-13-7-2-1-3-8-13/h1-9,14H,10,19H2. The van der Waals surface area contributed by atoms with E-state index in [9.17, 15) is 13.2 Å². The van der Waals surface area contributed by atoms with Crippen LogP contribution in [0.15, 0.2) is 59.5 Å². The summed E-state index contributed by atoms with van der Waals surface area (Å²) < 4.78 is 40.5. The van der Waals surface area contributed by atoms with E-state index in [1.54, 1.807) is 17.8 Å². The van der Waals surface area contributed by atoms with Crippen molar-refractivity contribution >= 4 is 11.8 Å². The summed E-state index contributed by atoms with van der Waals surface area (Å²) in [5.74, 6) is 0.319. The predicted octanol–water partition coefficient (Wildman–Crippen LogP) is 4.38. The molecule has 0 bridgehead atoms. The molecule has 2 aromatic carbocycles. The lowest BCUT2D eigenvalue weighted by Crippen LogP contribution is -2.18. The van der Waals surface area contributed by atoms with Crippen LogP contribution in [0.2, 0.25) is 0 Å². The Kier molecular flexibility index (Phi) is 5.14. The van der Waals surface area contributed by atoms with Crippen molar-refractivity contribution < 1.29 is 17.9 Å². The first-order valence-corrected chi connectivity index (χ1v) is 7.22. The fourth-order valence-electron chi connectivity index (χ4n) is 1.74. The summed E-state index contributed by atoms with van der Waals surface area (Å²) >= 11 is 1.55. The van der Waals surface area contributed by atoms with Crippen LogP contribution in [0, 0.1) is 0 Å². The van der Waals surface area contributed by atoms with Crippen molar-refractivity contribution in [3.63, 3.8) is 0 Å². The molecule has 0 fully saturated rings. The quantitative estimate of drug-likeness (QED) is 0.832. The molecule has 0 aliphatic rings. The van der Waals surface area contributed by atoms with Gasteiger partial charge in [0, 0.05) is 16.7 Å². The second-order valence-electron chi connectivity index (χ2n) is 4.35. The summed E-state index contributed by atoms with van der Waals surface area (Å²) in [5, 5.41) is 0. The zero-order chi connectivity index (χ0) is 15.3. The second kappa shape index (κ2) is 6.87. The molecule has 0 spiro atoms. The average molecular weight is 313 g/mol. The van der Waals surface area contributed by atoms with Crippen LogP contribution in [0.3, 0.4) is 0 Å². The van der Waals surface area contributed by atoms with Crippen LogP contribution < -0.4 is 10.5 Å². The van der Waals surface area contributed by atoms with Gasteiger partial charge in [0.05, 0.1) is 0 Å². The Morgan fingerprint density at radius 2 is 1.76 bits per heavy atom. The summed E-state index contributed by atoms with van der Waals surface area (Å²) in [6.07, 6.45) is -4.69. The molecule has 2 N–H and O–H groups in total. The van der Waals surface area contributed by atoms with Gasteiger partial charge in [-0.1, -0.05) is 30.3 Å². The van der Waals surface area contributed by atoms with Gasteiger partial charge in [-0.3, -0.25) is 0 Å². The number of nitrogens with two attached hydrogens (primary N) is 1. The fraction of sp³-hybridized carbons (Fsp3) is 0.200. The molecule has 0 heterocycles. The minimum Gasteiger partial charge on any atom is -0.406 e. The molecule has 112 valence electrons. The topological polar surface area (TPSA) is 35.2 Å². The van der Waals surface area contributed by atoms with Gasteiger partial charge in [-0.05, 0) is 29.8 Å². The molecular weight excluding hydrogens is 299 g/mol. The molecule has 2 aromatic rings. The molecule has 6 heteroatoms. The maximum atomic E-state index is 12.2. The zero-order valence-electron chi connectivity index (χ0n) is 11.0. The molecule has 1 unspecified atom stereocenters. The van der Waals surface area contributed by atoms with Gasteiger partial charge in [0.1, 0.15) is 5.75 Å². The number of thioether (sulfide) groups is 1. The third-order valence-corrected chi connectivity index (χ3v) is 3.82. The molecule has 0 aliphatic carbocycles. The third-order valence-electron chi connectivity index (χ3n) is 2.69. The van der Waals surface area contributed by atoms with Crippen molar-refractivity contribution in [2.45, 2.75) is 17.3 Å². The van der Waals surface area contributed by atoms with E-state index >= 15 is 0 Å². The van der Waals surface area contributed by atoms with Crippen molar-refractivity contribution in [3.8, 4) is 5.75 Å². The summed E-state index contributed by atoms with van der Waals surface area (Å²) in [6, 6.07) is 15.1. The van der Waals surface area contributed by atoms with Gasteiger partial charge < -0.3 is 10.5 Å². The van der Waals surface area contributed by atoms with Crippen LogP contribution in [-0.4, -0.2) is 12.1 Å². The van der Waals surface area contributed by atoms with Crippen molar-refractivity contribution in [1.82, 2.24) is 0 Å². The molecule has 2 nitrogen and oxygen atoms in total. The van der Waals surface area contributed by atoms with Crippen LogP contribution >= 0.6 is 11.8 Å². The minimum absolute atomic E-state index is 0.250. The first kappa shape index (κ1) is 15.7. The lowest BCUT2D eigenvalue weighted by atomic mass is 10.1. The van der Waals surface area contributed by atoms with E-state index in [1.165, 1.54) is 18.2 Å². The number of rotatable bonds is 5. The molecule has 0 aliphatic heterocycles. The SMILES string of the molecule is NC(CSc1ccccc1)c1cccc(OC(F)(F)F)c1. The number of benzene rings is 2. The van der Waals surface area contributed by atoms with Crippen molar-refractivity contribution in [1.29, 1.82) is 0 Å². The van der Waals surface area contributed by atoms with Gasteiger partial charge in [-0.25, -0.2) is 0 Å². The minimum atomic E-state index is -4.69. The van der Waals surface area contributed by atoms with E-state index in [0.717, 1.165) is 4.90 Å². The Morgan fingerprint density at radius 3 is 2.43 bits per heavy atom. The van der Waals surface area contributed by atoms with Crippen LogP contribution in [-0.2, 0) is 0 Å². The highest BCUT2D eigenvalue weighted by atomic mass is 32.2. The fourth-order valence-corrected chi connectivity index (χ4v) is 2.66. The molecule has 0 amide bonds. The number of hydrogen-bond acceptors (Lipinski definition) is 3. The van der Waals surface area contributed by atoms with Crippen LogP contribution in [0.25, 0.3) is 0 Å². The molecule has 0 saturated carbocycles. The van der Waals surface area contributed by atoms with Gasteiger partial charge in [0.15, 0.2) is 0 Å². The van der Waals surface area contributed by atoms with Crippen molar-refractivity contribution in [3.05, 3.63) is 60.2 Å². The zero-order valence-corrected chi connectivity index (χ0v) is 11.8. The monoisotopic (exact) mass is 313 g/mol.